The van der Waals surface area contributed by atoms with E-state index < -0.39 is 0 Å². The van der Waals surface area contributed by atoms with E-state index in [9.17, 15) is 4.79 Å². The van der Waals surface area contributed by atoms with Gasteiger partial charge in [0.25, 0.3) is 0 Å². The van der Waals surface area contributed by atoms with Crippen LogP contribution in [0.25, 0.3) is 21.8 Å². The number of aryl methyl sites for hydroxylation is 2. The van der Waals surface area contributed by atoms with Crippen LogP contribution in [0.4, 0.5) is 5.13 Å². The Hall–Kier alpha value is -2.62. The fourth-order valence-electron chi connectivity index (χ4n) is 4.39. The van der Waals surface area contributed by atoms with E-state index in [4.69, 9.17) is 10.1 Å². The quantitative estimate of drug-likeness (QED) is 0.620. The maximum atomic E-state index is 12.6. The van der Waals surface area contributed by atoms with Crippen LogP contribution in [0, 0.1) is 6.92 Å². The fraction of sp³-hybridized carbons (Fsp3) is 0.478. The Morgan fingerprint density at radius 1 is 1.25 bits per heavy atom. The second kappa shape index (κ2) is 8.73. The number of pyridine rings is 1. The number of thiazole rings is 1. The number of piperazine rings is 1. The zero-order chi connectivity index (χ0) is 22.2. The van der Waals surface area contributed by atoms with Crippen LogP contribution in [-0.2, 0) is 17.6 Å². The molecule has 1 saturated heterocycles. The number of hydrogen-bond donors (Lipinski definition) is 2. The van der Waals surface area contributed by atoms with Crippen LogP contribution < -0.4 is 10.6 Å². The van der Waals surface area contributed by atoms with Crippen molar-refractivity contribution < 1.29 is 4.79 Å². The highest BCUT2D eigenvalue weighted by atomic mass is 32.1. The molecule has 1 amide bonds. The van der Waals surface area contributed by atoms with Gasteiger partial charge in [-0.15, -0.1) is 0 Å². The second-order valence-corrected chi connectivity index (χ2v) is 9.77. The Bertz CT molecular complexity index is 1130. The van der Waals surface area contributed by atoms with Crippen LogP contribution in [0.2, 0.25) is 0 Å². The summed E-state index contributed by atoms with van der Waals surface area (Å²) in [4.78, 5) is 25.1. The highest BCUT2D eigenvalue weighted by molar-refractivity contribution is 7.19. The molecular formula is C23H29N7OS. The third-order valence-electron chi connectivity index (χ3n) is 6.03. The number of anilines is 1. The molecule has 2 aliphatic rings. The van der Waals surface area contributed by atoms with Crippen molar-refractivity contribution in [3.8, 4) is 21.8 Å². The Morgan fingerprint density at radius 3 is 2.78 bits per heavy atom. The van der Waals surface area contributed by atoms with Crippen molar-refractivity contribution in [1.82, 2.24) is 30.0 Å². The predicted molar refractivity (Wildman–Crippen MR) is 127 cm³/mol. The van der Waals surface area contributed by atoms with Gasteiger partial charge in [-0.1, -0.05) is 11.3 Å². The number of carbonyl (C=O) groups is 1. The minimum absolute atomic E-state index is 0.00186. The maximum Gasteiger partial charge on any atom is 0.240 e. The molecule has 4 heterocycles. The molecule has 5 rings (SSSR count). The summed E-state index contributed by atoms with van der Waals surface area (Å²) >= 11 is 1.56. The smallest absolute Gasteiger partial charge is 0.240 e. The summed E-state index contributed by atoms with van der Waals surface area (Å²) in [5.41, 5.74) is 6.48. The van der Waals surface area contributed by atoms with E-state index in [1.807, 2.05) is 19.2 Å². The standard InChI is InChI=1S/C23H29N7OS/c1-14(2)30-21-17(20(28-30)16-5-4-15(3)25-12-16)6-7-18-22(21)32-23(26-18)27-19(31)13-29-10-8-24-9-11-29/h4-5,12,14,24H,6-11,13H2,1-3H3,(H,26,27,31). The molecule has 1 fully saturated rings. The first-order valence-electron chi connectivity index (χ1n) is 11.3. The number of hydrogen-bond acceptors (Lipinski definition) is 7. The molecule has 0 spiro atoms. The summed E-state index contributed by atoms with van der Waals surface area (Å²) < 4.78 is 2.10. The molecule has 8 nitrogen and oxygen atoms in total. The predicted octanol–water partition coefficient (Wildman–Crippen LogP) is 2.90. The largest absolute Gasteiger partial charge is 0.314 e. The summed E-state index contributed by atoms with van der Waals surface area (Å²) in [6.07, 6.45) is 3.64. The van der Waals surface area contributed by atoms with Gasteiger partial charge in [0.15, 0.2) is 5.13 Å². The third-order valence-corrected chi connectivity index (χ3v) is 7.05. The number of fused-ring (bicyclic) bond motifs is 3. The summed E-state index contributed by atoms with van der Waals surface area (Å²) in [6.45, 7) is 10.4. The lowest BCUT2D eigenvalue weighted by atomic mass is 9.95. The Morgan fingerprint density at radius 2 is 2.06 bits per heavy atom. The molecule has 0 saturated carbocycles. The average molecular weight is 452 g/mol. The third kappa shape index (κ3) is 4.07. The van der Waals surface area contributed by atoms with Crippen LogP contribution in [0.15, 0.2) is 18.3 Å². The molecule has 0 atom stereocenters. The maximum absolute atomic E-state index is 12.6. The first-order valence-corrected chi connectivity index (χ1v) is 12.1. The summed E-state index contributed by atoms with van der Waals surface area (Å²) in [5, 5.41) is 12.0. The molecule has 3 aromatic heterocycles. The molecule has 0 aromatic carbocycles. The Kier molecular flexibility index (Phi) is 5.79. The van der Waals surface area contributed by atoms with Gasteiger partial charge in [0.1, 0.15) is 0 Å². The summed E-state index contributed by atoms with van der Waals surface area (Å²) in [6, 6.07) is 4.34. The van der Waals surface area contributed by atoms with Crippen LogP contribution >= 0.6 is 11.3 Å². The van der Waals surface area contributed by atoms with E-state index >= 15 is 0 Å². The second-order valence-electron chi connectivity index (χ2n) is 8.77. The molecule has 0 unspecified atom stereocenters. The van der Waals surface area contributed by atoms with E-state index in [1.54, 1.807) is 11.3 Å². The number of aromatic nitrogens is 4. The van der Waals surface area contributed by atoms with Gasteiger partial charge in [0, 0.05) is 55.2 Å². The van der Waals surface area contributed by atoms with Crippen molar-refractivity contribution >= 4 is 22.4 Å². The van der Waals surface area contributed by atoms with Crippen molar-refractivity contribution in [2.75, 3.05) is 38.0 Å². The highest BCUT2D eigenvalue weighted by Crippen LogP contribution is 2.44. The number of carbonyl (C=O) groups excluding carboxylic acids is 1. The lowest BCUT2D eigenvalue weighted by Gasteiger charge is -2.26. The zero-order valence-corrected chi connectivity index (χ0v) is 19.6. The summed E-state index contributed by atoms with van der Waals surface area (Å²) in [7, 11) is 0. The Balaban J connectivity index is 1.44. The lowest BCUT2D eigenvalue weighted by Crippen LogP contribution is -2.46. The van der Waals surface area contributed by atoms with Crippen molar-refractivity contribution in [2.45, 2.75) is 39.7 Å². The van der Waals surface area contributed by atoms with Crippen molar-refractivity contribution in [3.05, 3.63) is 35.3 Å². The SMILES string of the molecule is Cc1ccc(-c2nn(C(C)C)c3c2CCc2nc(NC(=O)CN4CCNCC4)sc2-3)cn1. The average Bonchev–Trinajstić information content (AvgIpc) is 3.36. The minimum Gasteiger partial charge on any atom is -0.314 e. The Labute approximate surface area is 192 Å². The molecule has 3 aromatic rings. The van der Waals surface area contributed by atoms with Gasteiger partial charge in [-0.2, -0.15) is 5.10 Å². The van der Waals surface area contributed by atoms with Crippen LogP contribution in [-0.4, -0.2) is 63.3 Å². The highest BCUT2D eigenvalue weighted by Gasteiger charge is 2.30. The zero-order valence-electron chi connectivity index (χ0n) is 18.8. The van der Waals surface area contributed by atoms with Gasteiger partial charge < -0.3 is 10.6 Å². The monoisotopic (exact) mass is 451 g/mol. The molecule has 0 radical (unpaired) electrons. The van der Waals surface area contributed by atoms with E-state index in [0.717, 1.165) is 72.2 Å². The van der Waals surface area contributed by atoms with E-state index in [0.29, 0.717) is 11.7 Å². The minimum atomic E-state index is 0.00186. The first-order chi connectivity index (χ1) is 15.5. The lowest BCUT2D eigenvalue weighted by molar-refractivity contribution is -0.117. The molecule has 1 aliphatic heterocycles. The van der Waals surface area contributed by atoms with E-state index in [1.165, 1.54) is 5.56 Å². The van der Waals surface area contributed by atoms with Gasteiger partial charge in [-0.3, -0.25) is 19.4 Å². The van der Waals surface area contributed by atoms with E-state index in [-0.39, 0.29) is 11.9 Å². The van der Waals surface area contributed by atoms with Gasteiger partial charge in [-0.05, 0) is 45.7 Å². The van der Waals surface area contributed by atoms with Crippen molar-refractivity contribution in [1.29, 1.82) is 0 Å². The van der Waals surface area contributed by atoms with Crippen LogP contribution in [0.1, 0.15) is 36.8 Å². The number of nitrogens with one attached hydrogen (secondary N) is 2. The number of amides is 1. The molecular weight excluding hydrogens is 422 g/mol. The molecule has 32 heavy (non-hydrogen) atoms. The van der Waals surface area contributed by atoms with Gasteiger partial charge in [-0.25, -0.2) is 4.98 Å². The molecule has 0 bridgehead atoms. The van der Waals surface area contributed by atoms with Crippen molar-refractivity contribution in [2.24, 2.45) is 0 Å². The topological polar surface area (TPSA) is 88.0 Å². The number of rotatable bonds is 5. The summed E-state index contributed by atoms with van der Waals surface area (Å²) in [5.74, 6) is 0.00186. The molecule has 1 aliphatic carbocycles. The van der Waals surface area contributed by atoms with Gasteiger partial charge in [0.2, 0.25) is 5.91 Å². The normalized spacial score (nSPS) is 16.1. The van der Waals surface area contributed by atoms with Gasteiger partial charge >= 0.3 is 0 Å². The van der Waals surface area contributed by atoms with Crippen LogP contribution in [0.3, 0.4) is 0 Å². The first kappa shape index (κ1) is 21.2. The fourth-order valence-corrected chi connectivity index (χ4v) is 5.49. The molecule has 2 N–H and O–H groups in total. The molecule has 168 valence electrons. The van der Waals surface area contributed by atoms with Crippen LogP contribution in [0.5, 0.6) is 0 Å². The number of nitrogens with zero attached hydrogens (tertiary/aromatic N) is 5. The van der Waals surface area contributed by atoms with Gasteiger partial charge in [0.05, 0.1) is 28.5 Å². The van der Waals surface area contributed by atoms with E-state index in [2.05, 4.69) is 45.1 Å². The molecule has 9 heteroatoms. The van der Waals surface area contributed by atoms with Crippen molar-refractivity contribution in [3.63, 3.8) is 0 Å².